The van der Waals surface area contributed by atoms with E-state index in [2.05, 4.69) is 0 Å². The summed E-state index contributed by atoms with van der Waals surface area (Å²) in [6.07, 6.45) is 0. The highest BCUT2D eigenvalue weighted by Crippen LogP contribution is 2.30. The van der Waals surface area contributed by atoms with Crippen molar-refractivity contribution >= 4 is 37.4 Å². The summed E-state index contributed by atoms with van der Waals surface area (Å²) in [6, 6.07) is 5.45. The Labute approximate surface area is 145 Å². The van der Waals surface area contributed by atoms with Crippen molar-refractivity contribution in [2.24, 2.45) is 0 Å². The van der Waals surface area contributed by atoms with Gasteiger partial charge in [0.15, 0.2) is 11.5 Å². The molecule has 1 aromatic rings. The van der Waals surface area contributed by atoms with Crippen LogP contribution in [-0.4, -0.2) is 33.5 Å². The highest BCUT2D eigenvalue weighted by molar-refractivity contribution is 7.83. The third-order valence-corrected chi connectivity index (χ3v) is 8.34. The van der Waals surface area contributed by atoms with E-state index in [1.807, 2.05) is 0 Å². The molecule has 0 aliphatic carbocycles. The SMILES string of the molecule is C[Si](C)(C)OS(=O)(=O)Oc1ccccc1OS(=O)(=O)O[Si](C)(C)C. The number of hydrogen-bond acceptors (Lipinski definition) is 8. The van der Waals surface area contributed by atoms with E-state index in [4.69, 9.17) is 16.1 Å². The molecule has 8 nitrogen and oxygen atoms in total. The summed E-state index contributed by atoms with van der Waals surface area (Å²) in [5.74, 6) is -0.614. The van der Waals surface area contributed by atoms with Gasteiger partial charge in [0.2, 0.25) is 16.6 Å². The summed E-state index contributed by atoms with van der Waals surface area (Å²) < 4.78 is 67.3. The Hall–Kier alpha value is -0.926. The minimum absolute atomic E-state index is 0.307. The Morgan fingerprint density at radius 3 is 1.21 bits per heavy atom. The first kappa shape index (κ1) is 21.1. The molecule has 0 saturated carbocycles. The molecule has 0 spiro atoms. The number of rotatable bonds is 8. The first-order chi connectivity index (χ1) is 10.6. The van der Waals surface area contributed by atoms with Gasteiger partial charge in [-0.25, -0.2) is 0 Å². The van der Waals surface area contributed by atoms with Crippen molar-refractivity contribution in [1.29, 1.82) is 0 Å². The van der Waals surface area contributed by atoms with Crippen molar-refractivity contribution in [3.63, 3.8) is 0 Å². The highest BCUT2D eigenvalue weighted by atomic mass is 32.3. The highest BCUT2D eigenvalue weighted by Gasteiger charge is 2.30. The van der Waals surface area contributed by atoms with Gasteiger partial charge in [-0.05, 0) is 51.4 Å². The second-order valence-electron chi connectivity index (χ2n) is 6.82. The normalized spacial score (nSPS) is 13.6. The standard InChI is InChI=1S/C12H22O8S2Si2/c1-23(2,3)19-21(13,14)17-11-9-7-8-10-12(11)18-22(15,16)20-24(4,5)6/h7-10H,1-6H3. The van der Waals surface area contributed by atoms with Crippen LogP contribution in [0, 0.1) is 0 Å². The Morgan fingerprint density at radius 1 is 0.667 bits per heavy atom. The van der Waals surface area contributed by atoms with E-state index in [0.29, 0.717) is 0 Å². The molecule has 1 rings (SSSR count). The van der Waals surface area contributed by atoms with E-state index in [1.54, 1.807) is 39.3 Å². The topological polar surface area (TPSA) is 105 Å². The Morgan fingerprint density at radius 2 is 0.958 bits per heavy atom. The van der Waals surface area contributed by atoms with Gasteiger partial charge in [-0.2, -0.15) is 16.8 Å². The average Bonchev–Trinajstić information content (AvgIpc) is 2.23. The molecule has 0 unspecified atom stereocenters. The molecule has 0 aliphatic heterocycles. The van der Waals surface area contributed by atoms with Crippen molar-refractivity contribution in [2.45, 2.75) is 39.3 Å². The van der Waals surface area contributed by atoms with Crippen LogP contribution >= 0.6 is 0 Å². The molecule has 0 bridgehead atoms. The lowest BCUT2D eigenvalue weighted by atomic mass is 10.3. The molecule has 0 amide bonds. The summed E-state index contributed by atoms with van der Waals surface area (Å²) in [5.41, 5.74) is 0. The van der Waals surface area contributed by atoms with E-state index in [0.717, 1.165) is 0 Å². The lowest BCUT2D eigenvalue weighted by molar-refractivity contribution is 0.365. The van der Waals surface area contributed by atoms with E-state index in [-0.39, 0.29) is 11.5 Å². The first-order valence-corrected chi connectivity index (χ1v) is 16.5. The first-order valence-electron chi connectivity index (χ1n) is 6.98. The van der Waals surface area contributed by atoms with E-state index < -0.39 is 37.4 Å². The lowest BCUT2D eigenvalue weighted by Gasteiger charge is -2.19. The zero-order valence-corrected chi connectivity index (χ0v) is 18.0. The van der Waals surface area contributed by atoms with Crippen molar-refractivity contribution < 1.29 is 32.9 Å². The van der Waals surface area contributed by atoms with Gasteiger partial charge in [-0.15, -0.1) is 0 Å². The van der Waals surface area contributed by atoms with Crippen LogP contribution < -0.4 is 8.37 Å². The number of hydrogen-bond donors (Lipinski definition) is 0. The van der Waals surface area contributed by atoms with Crippen molar-refractivity contribution in [1.82, 2.24) is 0 Å². The van der Waals surface area contributed by atoms with Gasteiger partial charge in [0.25, 0.3) is 0 Å². The van der Waals surface area contributed by atoms with E-state index in [1.165, 1.54) is 24.3 Å². The fraction of sp³-hybridized carbons (Fsp3) is 0.500. The molecule has 0 saturated heterocycles. The van der Waals surface area contributed by atoms with Crippen LogP contribution in [-0.2, 0) is 28.5 Å². The molecule has 0 atom stereocenters. The molecular formula is C12H22O8S2Si2. The summed E-state index contributed by atoms with van der Waals surface area (Å²) in [7, 11) is -13.6. The van der Waals surface area contributed by atoms with Crippen LogP contribution in [0.5, 0.6) is 11.5 Å². The molecule has 138 valence electrons. The smallest absolute Gasteiger partial charge is 0.358 e. The summed E-state index contributed by atoms with van der Waals surface area (Å²) in [5, 5.41) is 0. The van der Waals surface area contributed by atoms with Gasteiger partial charge in [0.05, 0.1) is 0 Å². The van der Waals surface area contributed by atoms with Crippen LogP contribution in [0.25, 0.3) is 0 Å². The third kappa shape index (κ3) is 8.25. The molecule has 1 aromatic carbocycles. The zero-order valence-electron chi connectivity index (χ0n) is 14.4. The van der Waals surface area contributed by atoms with Gasteiger partial charge in [-0.3, -0.25) is 7.74 Å². The largest absolute Gasteiger partial charge is 0.439 e. The Bertz CT molecular complexity index is 709. The van der Waals surface area contributed by atoms with E-state index >= 15 is 0 Å². The monoisotopic (exact) mass is 414 g/mol. The molecular weight excluding hydrogens is 392 g/mol. The van der Waals surface area contributed by atoms with Gasteiger partial charge in [0.1, 0.15) is 0 Å². The molecule has 0 aromatic heterocycles. The molecule has 0 N–H and O–H groups in total. The molecule has 0 radical (unpaired) electrons. The quantitative estimate of drug-likeness (QED) is 0.598. The minimum atomic E-state index is -4.35. The van der Waals surface area contributed by atoms with Crippen LogP contribution in [0.2, 0.25) is 39.3 Å². The van der Waals surface area contributed by atoms with Crippen LogP contribution in [0.3, 0.4) is 0 Å². The molecule has 0 aliphatic rings. The molecule has 0 fully saturated rings. The second kappa shape index (κ2) is 7.13. The van der Waals surface area contributed by atoms with Gasteiger partial charge < -0.3 is 8.37 Å². The van der Waals surface area contributed by atoms with Crippen LogP contribution in [0.15, 0.2) is 24.3 Å². The second-order valence-corrected chi connectivity index (χ2v) is 18.6. The number of benzene rings is 1. The maximum absolute atomic E-state index is 11.9. The van der Waals surface area contributed by atoms with Crippen LogP contribution in [0.1, 0.15) is 0 Å². The summed E-state index contributed by atoms with van der Waals surface area (Å²) >= 11 is 0. The number of para-hydroxylation sites is 2. The summed E-state index contributed by atoms with van der Waals surface area (Å²) in [4.78, 5) is 0. The maximum atomic E-state index is 11.9. The van der Waals surface area contributed by atoms with Crippen molar-refractivity contribution in [2.75, 3.05) is 0 Å². The van der Waals surface area contributed by atoms with Gasteiger partial charge >= 0.3 is 20.8 Å². The van der Waals surface area contributed by atoms with Crippen LogP contribution in [0.4, 0.5) is 0 Å². The fourth-order valence-corrected chi connectivity index (χ4v) is 7.34. The average molecular weight is 415 g/mol. The lowest BCUT2D eigenvalue weighted by Crippen LogP contribution is -2.32. The minimum Gasteiger partial charge on any atom is -0.358 e. The van der Waals surface area contributed by atoms with E-state index in [9.17, 15) is 16.8 Å². The summed E-state index contributed by atoms with van der Waals surface area (Å²) in [6.45, 7) is 10.0. The van der Waals surface area contributed by atoms with Gasteiger partial charge in [0, 0.05) is 0 Å². The fourth-order valence-electron chi connectivity index (χ4n) is 1.45. The molecule has 24 heavy (non-hydrogen) atoms. The predicted molar refractivity (Wildman–Crippen MR) is 94.4 cm³/mol. The molecule has 0 heterocycles. The van der Waals surface area contributed by atoms with Crippen molar-refractivity contribution in [3.05, 3.63) is 24.3 Å². The van der Waals surface area contributed by atoms with Crippen molar-refractivity contribution in [3.8, 4) is 11.5 Å². The third-order valence-electron chi connectivity index (χ3n) is 1.94. The Kier molecular flexibility index (Phi) is 6.28. The van der Waals surface area contributed by atoms with Gasteiger partial charge in [-0.1, -0.05) is 12.1 Å². The predicted octanol–water partition coefficient (Wildman–Crippen LogP) is 2.64. The maximum Gasteiger partial charge on any atom is 0.439 e. The zero-order chi connectivity index (χ0) is 18.8. The Balaban J connectivity index is 3.06. The molecule has 12 heteroatoms.